The smallest absolute Gasteiger partial charge is 0.239 e. The van der Waals surface area contributed by atoms with E-state index in [9.17, 15) is 0 Å². The molecule has 0 spiro atoms. The van der Waals surface area contributed by atoms with Crippen LogP contribution in [0.4, 0.5) is 0 Å². The van der Waals surface area contributed by atoms with E-state index in [1.165, 1.54) is 24.8 Å². The molecule has 0 atom stereocenters. The highest BCUT2D eigenvalue weighted by molar-refractivity contribution is 6.30. The first-order chi connectivity index (χ1) is 7.24. The Bertz CT molecular complexity index is 435. The molecule has 0 aliphatic heterocycles. The fourth-order valence-electron chi connectivity index (χ4n) is 0.944. The molecule has 0 radical (unpaired) electrons. The van der Waals surface area contributed by atoms with Crippen molar-refractivity contribution in [3.8, 4) is 11.6 Å². The third-order valence-corrected chi connectivity index (χ3v) is 1.87. The van der Waals surface area contributed by atoms with Gasteiger partial charge in [-0.1, -0.05) is 23.2 Å². The molecule has 0 N–H and O–H groups in total. The Kier molecular flexibility index (Phi) is 2.99. The summed E-state index contributed by atoms with van der Waals surface area (Å²) in [5, 5.41) is 0.755. The van der Waals surface area contributed by atoms with Crippen molar-refractivity contribution in [2.45, 2.75) is 0 Å². The molecule has 0 aliphatic rings. The van der Waals surface area contributed by atoms with Crippen LogP contribution in [0.2, 0.25) is 10.2 Å². The normalized spacial score (nSPS) is 10.0. The lowest BCUT2D eigenvalue weighted by Crippen LogP contribution is -1.89. The first-order valence-corrected chi connectivity index (χ1v) is 4.75. The monoisotopic (exact) mass is 241 g/mol. The zero-order valence-corrected chi connectivity index (χ0v) is 8.90. The van der Waals surface area contributed by atoms with E-state index in [1.807, 2.05) is 0 Å². The lowest BCUT2D eigenvalue weighted by Gasteiger charge is -2.03. The number of ether oxygens (including phenoxy) is 1. The van der Waals surface area contributed by atoms with Crippen LogP contribution in [0.1, 0.15) is 0 Å². The molecule has 2 heterocycles. The second kappa shape index (κ2) is 4.42. The summed E-state index contributed by atoms with van der Waals surface area (Å²) in [5.41, 5.74) is 0. The van der Waals surface area contributed by atoms with Crippen LogP contribution in [-0.2, 0) is 0 Å². The van der Waals surface area contributed by atoms with Crippen molar-refractivity contribution in [3.05, 3.63) is 41.0 Å². The lowest BCUT2D eigenvalue weighted by molar-refractivity contribution is 0.458. The Labute approximate surface area is 95.9 Å². The summed E-state index contributed by atoms with van der Waals surface area (Å²) in [7, 11) is 0. The Hall–Kier alpha value is -1.39. The molecule has 0 saturated carbocycles. The average Bonchev–Trinajstić information content (AvgIpc) is 2.17. The predicted octanol–water partition coefficient (Wildman–Crippen LogP) is 2.97. The highest BCUT2D eigenvalue weighted by Gasteiger charge is 2.01. The van der Waals surface area contributed by atoms with Gasteiger partial charge in [-0.3, -0.25) is 9.97 Å². The molecule has 6 heteroatoms. The third kappa shape index (κ3) is 2.78. The number of rotatable bonds is 2. The summed E-state index contributed by atoms with van der Waals surface area (Å²) >= 11 is 11.4. The van der Waals surface area contributed by atoms with Gasteiger partial charge >= 0.3 is 0 Å². The van der Waals surface area contributed by atoms with E-state index in [4.69, 9.17) is 27.9 Å². The summed E-state index contributed by atoms with van der Waals surface area (Å²) in [5.74, 6) is 0.783. The number of halogens is 2. The molecule has 0 aromatic carbocycles. The minimum Gasteiger partial charge on any atom is -0.436 e. The summed E-state index contributed by atoms with van der Waals surface area (Å²) in [6.07, 6.45) is 5.91. The van der Waals surface area contributed by atoms with Crippen molar-refractivity contribution in [1.82, 2.24) is 15.0 Å². The first-order valence-electron chi connectivity index (χ1n) is 4.00. The molecule has 4 nitrogen and oxygen atoms in total. The lowest BCUT2D eigenvalue weighted by atomic mass is 10.5. The summed E-state index contributed by atoms with van der Waals surface area (Å²) < 4.78 is 5.34. The minimum atomic E-state index is 0.266. The number of aromatic nitrogens is 3. The topological polar surface area (TPSA) is 47.9 Å². The van der Waals surface area contributed by atoms with Crippen LogP contribution in [0.3, 0.4) is 0 Å². The summed E-state index contributed by atoms with van der Waals surface area (Å²) in [6, 6.07) is 1.62. The molecule has 0 saturated heterocycles. The zero-order valence-electron chi connectivity index (χ0n) is 7.39. The standard InChI is InChI=1S/C9H5Cl2N3O/c10-6-1-7(3-12-2-6)15-9-5-13-4-8(11)14-9/h1-5H. The van der Waals surface area contributed by atoms with Crippen molar-refractivity contribution in [2.24, 2.45) is 0 Å². The molecule has 0 amide bonds. The minimum absolute atomic E-state index is 0.266. The number of hydrogen-bond donors (Lipinski definition) is 0. The quantitative estimate of drug-likeness (QED) is 0.812. The Morgan fingerprint density at radius 2 is 1.80 bits per heavy atom. The number of pyridine rings is 1. The van der Waals surface area contributed by atoms with Gasteiger partial charge < -0.3 is 4.74 Å². The highest BCUT2D eigenvalue weighted by atomic mass is 35.5. The third-order valence-electron chi connectivity index (χ3n) is 1.49. The van der Waals surface area contributed by atoms with Gasteiger partial charge in [-0.2, -0.15) is 4.98 Å². The maximum atomic E-state index is 5.74. The van der Waals surface area contributed by atoms with E-state index in [1.54, 1.807) is 6.07 Å². The zero-order chi connectivity index (χ0) is 10.7. The van der Waals surface area contributed by atoms with Crippen molar-refractivity contribution in [3.63, 3.8) is 0 Å². The highest BCUT2D eigenvalue weighted by Crippen LogP contribution is 2.21. The number of nitrogens with zero attached hydrogens (tertiary/aromatic N) is 3. The van der Waals surface area contributed by atoms with Gasteiger partial charge in [0.05, 0.1) is 23.6 Å². The molecule has 0 bridgehead atoms. The Morgan fingerprint density at radius 1 is 1.00 bits per heavy atom. The van der Waals surface area contributed by atoms with Crippen molar-refractivity contribution < 1.29 is 4.74 Å². The van der Waals surface area contributed by atoms with Gasteiger partial charge in [0.2, 0.25) is 5.88 Å². The summed E-state index contributed by atoms with van der Waals surface area (Å²) in [4.78, 5) is 11.6. The van der Waals surface area contributed by atoms with Gasteiger partial charge in [-0.05, 0) is 0 Å². The Balaban J connectivity index is 2.22. The molecular weight excluding hydrogens is 237 g/mol. The maximum absolute atomic E-state index is 5.74. The molecule has 0 unspecified atom stereocenters. The van der Waals surface area contributed by atoms with E-state index in [-0.39, 0.29) is 5.15 Å². The maximum Gasteiger partial charge on any atom is 0.239 e. The largest absolute Gasteiger partial charge is 0.436 e. The van der Waals surface area contributed by atoms with Crippen LogP contribution in [0.15, 0.2) is 30.9 Å². The molecule has 0 aliphatic carbocycles. The van der Waals surface area contributed by atoms with E-state index in [0.29, 0.717) is 16.7 Å². The van der Waals surface area contributed by atoms with Crippen LogP contribution >= 0.6 is 23.2 Å². The predicted molar refractivity (Wildman–Crippen MR) is 56.4 cm³/mol. The van der Waals surface area contributed by atoms with Gasteiger partial charge in [-0.15, -0.1) is 0 Å². The fourth-order valence-corrected chi connectivity index (χ4v) is 1.25. The average molecular weight is 242 g/mol. The second-order valence-corrected chi connectivity index (χ2v) is 3.44. The molecule has 2 rings (SSSR count). The van der Waals surface area contributed by atoms with Gasteiger partial charge in [-0.25, -0.2) is 0 Å². The van der Waals surface area contributed by atoms with Gasteiger partial charge in [0.25, 0.3) is 0 Å². The molecule has 2 aromatic heterocycles. The van der Waals surface area contributed by atoms with E-state index >= 15 is 0 Å². The SMILES string of the molecule is Clc1cncc(Oc2cncc(Cl)n2)c1. The molecule has 15 heavy (non-hydrogen) atoms. The number of hydrogen-bond acceptors (Lipinski definition) is 4. The van der Waals surface area contributed by atoms with E-state index in [0.717, 1.165) is 0 Å². The van der Waals surface area contributed by atoms with Crippen molar-refractivity contribution >= 4 is 23.2 Å². The van der Waals surface area contributed by atoms with Crippen molar-refractivity contribution in [1.29, 1.82) is 0 Å². The Morgan fingerprint density at radius 3 is 2.53 bits per heavy atom. The summed E-state index contributed by atoms with van der Waals surface area (Å²) in [6.45, 7) is 0. The van der Waals surface area contributed by atoms with Gasteiger partial charge in [0.1, 0.15) is 5.75 Å². The molecular formula is C9H5Cl2N3O. The van der Waals surface area contributed by atoms with Crippen molar-refractivity contribution in [2.75, 3.05) is 0 Å². The molecule has 0 fully saturated rings. The van der Waals surface area contributed by atoms with E-state index < -0.39 is 0 Å². The van der Waals surface area contributed by atoms with Crippen LogP contribution in [0.25, 0.3) is 0 Å². The van der Waals surface area contributed by atoms with Crippen LogP contribution in [0.5, 0.6) is 11.6 Å². The molecule has 2 aromatic rings. The molecule has 76 valence electrons. The fraction of sp³-hybridized carbons (Fsp3) is 0. The van der Waals surface area contributed by atoms with Crippen LogP contribution in [0, 0.1) is 0 Å². The van der Waals surface area contributed by atoms with E-state index in [2.05, 4.69) is 15.0 Å². The van der Waals surface area contributed by atoms with Crippen LogP contribution < -0.4 is 4.74 Å². The van der Waals surface area contributed by atoms with Crippen LogP contribution in [-0.4, -0.2) is 15.0 Å². The van der Waals surface area contributed by atoms with Gasteiger partial charge in [0.15, 0.2) is 5.15 Å². The second-order valence-electron chi connectivity index (χ2n) is 2.62. The first kappa shape index (κ1) is 10.1. The van der Waals surface area contributed by atoms with Gasteiger partial charge in [0, 0.05) is 12.3 Å².